The van der Waals surface area contributed by atoms with Crippen molar-refractivity contribution in [3.05, 3.63) is 127 Å². The van der Waals surface area contributed by atoms with E-state index in [-0.39, 0.29) is 0 Å². The van der Waals surface area contributed by atoms with E-state index in [0.29, 0.717) is 0 Å². The SMILES string of the molecule is c1cc(-c2cccc3ccccc23)cc(-c2nc3ccccc3c3c2ccc2ccccc23)c1. The minimum atomic E-state index is 1.02. The van der Waals surface area contributed by atoms with Crippen molar-refractivity contribution in [1.29, 1.82) is 0 Å². The smallest absolute Gasteiger partial charge is 0.0788 e. The second kappa shape index (κ2) is 7.54. The van der Waals surface area contributed by atoms with Crippen LogP contribution in [0.4, 0.5) is 0 Å². The number of para-hydroxylation sites is 1. The molecule has 0 amide bonds. The molecule has 0 radical (unpaired) electrons. The molecule has 7 aromatic rings. The molecule has 1 heteroatoms. The highest BCUT2D eigenvalue weighted by atomic mass is 14.7. The van der Waals surface area contributed by atoms with Gasteiger partial charge in [0, 0.05) is 21.7 Å². The van der Waals surface area contributed by atoms with Gasteiger partial charge in [0.2, 0.25) is 0 Å². The van der Waals surface area contributed by atoms with Gasteiger partial charge in [-0.3, -0.25) is 0 Å². The van der Waals surface area contributed by atoms with Crippen molar-refractivity contribution in [2.24, 2.45) is 0 Å². The van der Waals surface area contributed by atoms with Crippen molar-refractivity contribution < 1.29 is 0 Å². The van der Waals surface area contributed by atoms with Crippen LogP contribution in [0.2, 0.25) is 0 Å². The van der Waals surface area contributed by atoms with E-state index < -0.39 is 0 Å². The van der Waals surface area contributed by atoms with Gasteiger partial charge in [-0.2, -0.15) is 0 Å². The largest absolute Gasteiger partial charge is 0.247 e. The molecule has 0 saturated heterocycles. The Morgan fingerprint density at radius 3 is 1.94 bits per heavy atom. The number of benzene rings is 6. The summed E-state index contributed by atoms with van der Waals surface area (Å²) < 4.78 is 0. The molecule has 0 saturated carbocycles. The third-order valence-electron chi connectivity index (χ3n) is 6.83. The molecule has 0 fully saturated rings. The van der Waals surface area contributed by atoms with Crippen LogP contribution in [-0.2, 0) is 0 Å². The lowest BCUT2D eigenvalue weighted by molar-refractivity contribution is 1.43. The number of nitrogens with zero attached hydrogens (tertiary/aromatic N) is 1. The van der Waals surface area contributed by atoms with E-state index in [1.54, 1.807) is 0 Å². The highest BCUT2D eigenvalue weighted by Crippen LogP contribution is 2.38. The highest BCUT2D eigenvalue weighted by molar-refractivity contribution is 6.22. The molecule has 0 aliphatic heterocycles. The maximum atomic E-state index is 5.18. The summed E-state index contributed by atoms with van der Waals surface area (Å²) in [6.45, 7) is 0. The summed E-state index contributed by atoms with van der Waals surface area (Å²) in [6.07, 6.45) is 0. The van der Waals surface area contributed by atoms with E-state index in [1.807, 2.05) is 0 Å². The first-order valence-electron chi connectivity index (χ1n) is 11.7. The average molecular weight is 432 g/mol. The summed E-state index contributed by atoms with van der Waals surface area (Å²) >= 11 is 0. The second-order valence-corrected chi connectivity index (χ2v) is 8.79. The molecule has 0 unspecified atom stereocenters. The Kier molecular flexibility index (Phi) is 4.22. The maximum Gasteiger partial charge on any atom is 0.0788 e. The molecule has 1 heterocycles. The van der Waals surface area contributed by atoms with E-state index in [4.69, 9.17) is 4.98 Å². The normalized spacial score (nSPS) is 11.5. The van der Waals surface area contributed by atoms with Crippen molar-refractivity contribution in [2.75, 3.05) is 0 Å². The predicted octanol–water partition coefficient (Wildman–Crippen LogP) is 9.03. The lowest BCUT2D eigenvalue weighted by atomic mass is 9.93. The molecule has 6 aromatic carbocycles. The first kappa shape index (κ1) is 19.0. The molecule has 158 valence electrons. The van der Waals surface area contributed by atoms with E-state index >= 15 is 0 Å². The van der Waals surface area contributed by atoms with E-state index in [0.717, 1.165) is 16.8 Å². The van der Waals surface area contributed by atoms with Gasteiger partial charge >= 0.3 is 0 Å². The zero-order valence-electron chi connectivity index (χ0n) is 18.6. The number of hydrogen-bond donors (Lipinski definition) is 0. The summed E-state index contributed by atoms with van der Waals surface area (Å²) in [4.78, 5) is 5.18. The molecular formula is C33H21N. The van der Waals surface area contributed by atoms with Gasteiger partial charge < -0.3 is 0 Å². The first-order chi connectivity index (χ1) is 16.9. The molecule has 0 spiro atoms. The van der Waals surface area contributed by atoms with Gasteiger partial charge in [-0.25, -0.2) is 4.98 Å². The van der Waals surface area contributed by atoms with Gasteiger partial charge in [0.1, 0.15) is 0 Å². The minimum Gasteiger partial charge on any atom is -0.247 e. The van der Waals surface area contributed by atoms with Crippen molar-refractivity contribution in [3.8, 4) is 22.4 Å². The Balaban J connectivity index is 1.54. The number of aromatic nitrogens is 1. The molecule has 0 aliphatic carbocycles. The van der Waals surface area contributed by atoms with Crippen LogP contribution in [0, 0.1) is 0 Å². The maximum absolute atomic E-state index is 5.18. The third-order valence-corrected chi connectivity index (χ3v) is 6.83. The fraction of sp³-hybridized carbons (Fsp3) is 0. The van der Waals surface area contributed by atoms with E-state index in [1.165, 1.54) is 48.8 Å². The van der Waals surface area contributed by atoms with Gasteiger partial charge in [0.25, 0.3) is 0 Å². The Hall–Kier alpha value is -4.49. The molecule has 1 nitrogen and oxygen atoms in total. The summed E-state index contributed by atoms with van der Waals surface area (Å²) in [5.74, 6) is 0. The Morgan fingerprint density at radius 2 is 1.06 bits per heavy atom. The monoisotopic (exact) mass is 431 g/mol. The first-order valence-corrected chi connectivity index (χ1v) is 11.7. The van der Waals surface area contributed by atoms with Crippen LogP contribution in [0.3, 0.4) is 0 Å². The van der Waals surface area contributed by atoms with Crippen molar-refractivity contribution in [2.45, 2.75) is 0 Å². The summed E-state index contributed by atoms with van der Waals surface area (Å²) in [6, 6.07) is 45.5. The summed E-state index contributed by atoms with van der Waals surface area (Å²) in [5, 5.41) is 8.70. The van der Waals surface area contributed by atoms with E-state index in [9.17, 15) is 0 Å². The van der Waals surface area contributed by atoms with Crippen LogP contribution in [-0.4, -0.2) is 4.98 Å². The molecule has 7 rings (SSSR count). The van der Waals surface area contributed by atoms with E-state index in [2.05, 4.69) is 127 Å². The fourth-order valence-corrected chi connectivity index (χ4v) is 5.25. The Bertz CT molecular complexity index is 1840. The van der Waals surface area contributed by atoms with Crippen LogP contribution >= 0.6 is 0 Å². The quantitative estimate of drug-likeness (QED) is 0.249. The Morgan fingerprint density at radius 1 is 0.412 bits per heavy atom. The topological polar surface area (TPSA) is 12.9 Å². The van der Waals surface area contributed by atoms with Gasteiger partial charge in [0.15, 0.2) is 0 Å². The second-order valence-electron chi connectivity index (χ2n) is 8.79. The fourth-order valence-electron chi connectivity index (χ4n) is 5.25. The van der Waals surface area contributed by atoms with Crippen LogP contribution in [0.5, 0.6) is 0 Å². The summed E-state index contributed by atoms with van der Waals surface area (Å²) in [7, 11) is 0. The van der Waals surface area contributed by atoms with Crippen molar-refractivity contribution >= 4 is 43.2 Å². The standard InChI is InChI=1S/C33H21N/c1-3-14-26-22(9-1)11-8-17-27(26)24-12-7-13-25(21-24)33-30-20-19-23-10-2-4-15-28(23)32(30)29-16-5-6-18-31(29)34-33/h1-21H. The van der Waals surface area contributed by atoms with Crippen molar-refractivity contribution in [3.63, 3.8) is 0 Å². The zero-order chi connectivity index (χ0) is 22.5. The van der Waals surface area contributed by atoms with Crippen LogP contribution in [0.15, 0.2) is 127 Å². The van der Waals surface area contributed by atoms with Crippen LogP contribution in [0.1, 0.15) is 0 Å². The van der Waals surface area contributed by atoms with Gasteiger partial charge in [0.05, 0.1) is 11.2 Å². The molecule has 1 aromatic heterocycles. The van der Waals surface area contributed by atoms with Gasteiger partial charge in [-0.1, -0.05) is 115 Å². The third kappa shape index (κ3) is 2.91. The number of rotatable bonds is 2. The minimum absolute atomic E-state index is 1.02. The average Bonchev–Trinajstić information content (AvgIpc) is 2.92. The van der Waals surface area contributed by atoms with Crippen molar-refractivity contribution in [1.82, 2.24) is 4.98 Å². The lowest BCUT2D eigenvalue weighted by Gasteiger charge is -2.14. The molecule has 0 N–H and O–H groups in total. The Labute approximate surface area is 197 Å². The predicted molar refractivity (Wildman–Crippen MR) is 145 cm³/mol. The summed E-state index contributed by atoms with van der Waals surface area (Å²) in [5.41, 5.74) is 5.64. The number of fused-ring (bicyclic) bond motifs is 6. The number of hydrogen-bond acceptors (Lipinski definition) is 1. The van der Waals surface area contributed by atoms with Crippen LogP contribution < -0.4 is 0 Å². The lowest BCUT2D eigenvalue weighted by Crippen LogP contribution is -1.91. The zero-order valence-corrected chi connectivity index (χ0v) is 18.6. The highest BCUT2D eigenvalue weighted by Gasteiger charge is 2.14. The van der Waals surface area contributed by atoms with Crippen LogP contribution in [0.25, 0.3) is 65.6 Å². The molecular weight excluding hydrogens is 410 g/mol. The molecule has 0 bridgehead atoms. The number of pyridine rings is 1. The molecule has 0 atom stereocenters. The van der Waals surface area contributed by atoms with Gasteiger partial charge in [-0.05, 0) is 44.8 Å². The van der Waals surface area contributed by atoms with Gasteiger partial charge in [-0.15, -0.1) is 0 Å². The molecule has 34 heavy (non-hydrogen) atoms. The molecule has 0 aliphatic rings.